The first-order valence-electron chi connectivity index (χ1n) is 7.21. The number of hydrazone groups is 1. The summed E-state index contributed by atoms with van der Waals surface area (Å²) in [5.41, 5.74) is 13.8. The highest BCUT2D eigenvalue weighted by atomic mass is 35.5. The molecule has 2 aromatic rings. The monoisotopic (exact) mass is 347 g/mol. The van der Waals surface area contributed by atoms with Crippen molar-refractivity contribution in [3.8, 4) is 0 Å². The first kappa shape index (κ1) is 17.4. The van der Waals surface area contributed by atoms with E-state index in [1.54, 1.807) is 0 Å². The van der Waals surface area contributed by atoms with Crippen LogP contribution in [0.3, 0.4) is 0 Å². The minimum atomic E-state index is 0.663. The zero-order chi connectivity index (χ0) is 16.8. The third kappa shape index (κ3) is 5.31. The summed E-state index contributed by atoms with van der Waals surface area (Å²) >= 11 is 11.7. The lowest BCUT2D eigenvalue weighted by atomic mass is 10.0. The van der Waals surface area contributed by atoms with Crippen LogP contribution in [-0.4, -0.2) is 5.71 Å². The number of nitrogens with one attached hydrogen (secondary N) is 1. The number of halogens is 2. The SMILES string of the molecule is CC(=NNc1ccc(Cl)cc1)C(C)=C(N)Cc1ccc(Cl)cc1. The van der Waals surface area contributed by atoms with Crippen LogP contribution < -0.4 is 11.2 Å². The molecule has 3 nitrogen and oxygen atoms in total. The lowest BCUT2D eigenvalue weighted by Gasteiger charge is -2.09. The molecule has 0 bridgehead atoms. The van der Waals surface area contributed by atoms with Gasteiger partial charge in [-0.2, -0.15) is 5.10 Å². The topological polar surface area (TPSA) is 50.4 Å². The van der Waals surface area contributed by atoms with E-state index in [1.807, 2.05) is 62.4 Å². The second-order valence-electron chi connectivity index (χ2n) is 5.27. The van der Waals surface area contributed by atoms with Gasteiger partial charge in [0.2, 0.25) is 0 Å². The van der Waals surface area contributed by atoms with Crippen LogP contribution in [0.2, 0.25) is 10.0 Å². The summed E-state index contributed by atoms with van der Waals surface area (Å²) < 4.78 is 0. The molecule has 0 aliphatic carbocycles. The number of hydrogen-bond donors (Lipinski definition) is 2. The van der Waals surface area contributed by atoms with Crippen molar-refractivity contribution in [1.29, 1.82) is 0 Å². The molecule has 5 heteroatoms. The van der Waals surface area contributed by atoms with Crippen LogP contribution in [0.1, 0.15) is 19.4 Å². The maximum atomic E-state index is 6.20. The molecule has 0 heterocycles. The highest BCUT2D eigenvalue weighted by molar-refractivity contribution is 6.30. The third-order valence-corrected chi connectivity index (χ3v) is 4.03. The van der Waals surface area contributed by atoms with Crippen molar-refractivity contribution in [3.63, 3.8) is 0 Å². The molecule has 0 fully saturated rings. The highest BCUT2D eigenvalue weighted by Gasteiger charge is 2.04. The molecule has 0 unspecified atom stereocenters. The molecule has 0 amide bonds. The molecule has 0 aliphatic heterocycles. The van der Waals surface area contributed by atoms with Gasteiger partial charge in [0.1, 0.15) is 0 Å². The number of rotatable bonds is 5. The van der Waals surface area contributed by atoms with Crippen LogP contribution in [0, 0.1) is 0 Å². The van der Waals surface area contributed by atoms with Crippen LogP contribution in [0.4, 0.5) is 5.69 Å². The maximum Gasteiger partial charge on any atom is 0.0622 e. The molecule has 0 atom stereocenters. The fraction of sp³-hybridized carbons (Fsp3) is 0.167. The van der Waals surface area contributed by atoms with Crippen molar-refractivity contribution in [2.45, 2.75) is 20.3 Å². The first-order valence-corrected chi connectivity index (χ1v) is 7.97. The van der Waals surface area contributed by atoms with Gasteiger partial charge in [0.15, 0.2) is 0 Å². The normalized spacial score (nSPS) is 12.8. The predicted octanol–water partition coefficient (Wildman–Crippen LogP) is 5.26. The summed E-state index contributed by atoms with van der Waals surface area (Å²) in [6.07, 6.45) is 0.663. The third-order valence-electron chi connectivity index (χ3n) is 3.53. The molecule has 0 saturated heterocycles. The number of allylic oxidation sites excluding steroid dienone is 2. The van der Waals surface area contributed by atoms with E-state index in [-0.39, 0.29) is 0 Å². The van der Waals surface area contributed by atoms with Gasteiger partial charge in [-0.25, -0.2) is 0 Å². The van der Waals surface area contributed by atoms with E-state index in [0.29, 0.717) is 11.4 Å². The van der Waals surface area contributed by atoms with Gasteiger partial charge >= 0.3 is 0 Å². The lowest BCUT2D eigenvalue weighted by molar-refractivity contribution is 1.08. The van der Waals surface area contributed by atoms with Crippen molar-refractivity contribution >= 4 is 34.6 Å². The molecule has 120 valence electrons. The number of anilines is 1. The molecule has 2 aromatic carbocycles. The van der Waals surface area contributed by atoms with Gasteiger partial charge in [-0.1, -0.05) is 35.3 Å². The van der Waals surface area contributed by atoms with Crippen molar-refractivity contribution in [2.75, 3.05) is 5.43 Å². The summed E-state index contributed by atoms with van der Waals surface area (Å²) in [5, 5.41) is 5.78. The van der Waals surface area contributed by atoms with E-state index in [0.717, 1.165) is 33.3 Å². The Kier molecular flexibility index (Phi) is 6.08. The Hall–Kier alpha value is -1.97. The molecular weight excluding hydrogens is 329 g/mol. The molecule has 2 rings (SSSR count). The highest BCUT2D eigenvalue weighted by Crippen LogP contribution is 2.15. The largest absolute Gasteiger partial charge is 0.401 e. The summed E-state index contributed by atoms with van der Waals surface area (Å²) in [4.78, 5) is 0. The molecule has 0 saturated carbocycles. The van der Waals surface area contributed by atoms with E-state index in [1.165, 1.54) is 0 Å². The average Bonchev–Trinajstić information content (AvgIpc) is 2.55. The Labute approximate surface area is 146 Å². The Balaban J connectivity index is 2.06. The van der Waals surface area contributed by atoms with Gasteiger partial charge in [-0.15, -0.1) is 0 Å². The van der Waals surface area contributed by atoms with Crippen LogP contribution in [0.15, 0.2) is 64.9 Å². The van der Waals surface area contributed by atoms with Crippen LogP contribution in [0.5, 0.6) is 0 Å². The number of nitrogens with zero attached hydrogens (tertiary/aromatic N) is 1. The van der Waals surface area contributed by atoms with Crippen molar-refractivity contribution in [3.05, 3.63) is 75.4 Å². The van der Waals surface area contributed by atoms with E-state index >= 15 is 0 Å². The van der Waals surface area contributed by atoms with Gasteiger partial charge in [0.25, 0.3) is 0 Å². The van der Waals surface area contributed by atoms with Crippen molar-refractivity contribution in [1.82, 2.24) is 0 Å². The number of hydrogen-bond acceptors (Lipinski definition) is 3. The van der Waals surface area contributed by atoms with E-state index in [4.69, 9.17) is 28.9 Å². The molecule has 0 aliphatic rings. The fourth-order valence-corrected chi connectivity index (χ4v) is 2.20. The molecular formula is C18H19Cl2N3. The summed E-state index contributed by atoms with van der Waals surface area (Å²) in [6, 6.07) is 15.0. The van der Waals surface area contributed by atoms with Crippen LogP contribution in [0.25, 0.3) is 0 Å². The maximum absolute atomic E-state index is 6.20. The van der Waals surface area contributed by atoms with Gasteiger partial charge in [-0.05, 0) is 61.4 Å². The minimum absolute atomic E-state index is 0.663. The zero-order valence-electron chi connectivity index (χ0n) is 13.1. The second kappa shape index (κ2) is 8.04. The Morgan fingerprint density at radius 3 is 2.04 bits per heavy atom. The molecule has 0 radical (unpaired) electrons. The summed E-state index contributed by atoms with van der Waals surface area (Å²) in [5.74, 6) is 0. The predicted molar refractivity (Wildman–Crippen MR) is 100 cm³/mol. The van der Waals surface area contributed by atoms with Crippen LogP contribution in [-0.2, 0) is 6.42 Å². The van der Waals surface area contributed by atoms with Crippen molar-refractivity contribution < 1.29 is 0 Å². The zero-order valence-corrected chi connectivity index (χ0v) is 14.6. The summed E-state index contributed by atoms with van der Waals surface area (Å²) in [6.45, 7) is 3.89. The van der Waals surface area contributed by atoms with E-state index in [2.05, 4.69) is 10.5 Å². The first-order chi connectivity index (χ1) is 11.0. The smallest absolute Gasteiger partial charge is 0.0622 e. The standard InChI is InChI=1S/C18H19Cl2N3/c1-12(18(21)11-14-3-5-15(19)6-4-14)13(2)22-23-17-9-7-16(20)8-10-17/h3-10,23H,11,21H2,1-2H3. The Morgan fingerprint density at radius 2 is 1.48 bits per heavy atom. The van der Waals surface area contributed by atoms with Gasteiger partial charge in [0.05, 0.1) is 11.4 Å². The van der Waals surface area contributed by atoms with Gasteiger partial charge in [-0.3, -0.25) is 5.43 Å². The fourth-order valence-electron chi connectivity index (χ4n) is 1.94. The molecule has 0 spiro atoms. The van der Waals surface area contributed by atoms with Gasteiger partial charge < -0.3 is 5.73 Å². The average molecular weight is 348 g/mol. The summed E-state index contributed by atoms with van der Waals surface area (Å²) in [7, 11) is 0. The number of benzene rings is 2. The quantitative estimate of drug-likeness (QED) is 0.572. The Morgan fingerprint density at radius 1 is 0.957 bits per heavy atom. The van der Waals surface area contributed by atoms with Crippen LogP contribution >= 0.6 is 23.2 Å². The lowest BCUT2D eigenvalue weighted by Crippen LogP contribution is -2.10. The molecule has 3 N–H and O–H groups in total. The van der Waals surface area contributed by atoms with E-state index < -0.39 is 0 Å². The van der Waals surface area contributed by atoms with E-state index in [9.17, 15) is 0 Å². The molecule has 23 heavy (non-hydrogen) atoms. The second-order valence-corrected chi connectivity index (χ2v) is 6.14. The number of nitrogens with two attached hydrogens (primary N) is 1. The Bertz CT molecular complexity index is 717. The van der Waals surface area contributed by atoms with Crippen molar-refractivity contribution in [2.24, 2.45) is 10.8 Å². The minimum Gasteiger partial charge on any atom is -0.401 e. The van der Waals surface area contributed by atoms with Gasteiger partial charge in [0, 0.05) is 22.2 Å². The molecule has 0 aromatic heterocycles.